The van der Waals surface area contributed by atoms with E-state index in [2.05, 4.69) is 10.1 Å². The third-order valence-corrected chi connectivity index (χ3v) is 4.08. The second kappa shape index (κ2) is 8.81. The Hall–Kier alpha value is -2.40. The molecule has 0 heterocycles. The quantitative estimate of drug-likeness (QED) is 0.725. The molecule has 0 saturated carbocycles. The molecule has 2 unspecified atom stereocenters. The minimum Gasteiger partial charge on any atom is -0.480 e. The molecule has 0 bridgehead atoms. The lowest BCUT2D eigenvalue weighted by Crippen LogP contribution is -2.65. The van der Waals surface area contributed by atoms with Crippen LogP contribution in [0.15, 0.2) is 18.2 Å². The number of methoxy groups -OCH3 is 1. The van der Waals surface area contributed by atoms with Crippen molar-refractivity contribution in [1.29, 1.82) is 5.26 Å². The number of hydrogen-bond donors (Lipinski definition) is 1. The molecule has 142 valence electrons. The zero-order chi connectivity index (χ0) is 20.1. The smallest absolute Gasteiger partial charge is 0.337 e. The first-order chi connectivity index (χ1) is 12.1. The van der Waals surface area contributed by atoms with E-state index in [1.54, 1.807) is 0 Å². The molecule has 0 aliphatic carbocycles. The van der Waals surface area contributed by atoms with Crippen LogP contribution in [0.3, 0.4) is 0 Å². The lowest BCUT2D eigenvalue weighted by atomic mass is 9.86. The number of ether oxygens (including phenoxy) is 2. The van der Waals surface area contributed by atoms with Gasteiger partial charge in [0, 0.05) is 5.02 Å². The van der Waals surface area contributed by atoms with Crippen molar-refractivity contribution in [3.05, 3.63) is 28.8 Å². The fourth-order valence-corrected chi connectivity index (χ4v) is 2.41. The van der Waals surface area contributed by atoms with Gasteiger partial charge in [0.1, 0.15) is 11.8 Å². The van der Waals surface area contributed by atoms with Gasteiger partial charge in [-0.2, -0.15) is 5.26 Å². The van der Waals surface area contributed by atoms with Gasteiger partial charge in [-0.1, -0.05) is 25.4 Å². The van der Waals surface area contributed by atoms with E-state index in [1.165, 1.54) is 39.0 Å². The summed E-state index contributed by atoms with van der Waals surface area (Å²) in [5.74, 6) is -3.10. The number of alkyl halides is 2. The highest BCUT2D eigenvalue weighted by Gasteiger charge is 2.53. The third-order valence-electron chi connectivity index (χ3n) is 3.84. The van der Waals surface area contributed by atoms with Gasteiger partial charge in [0.2, 0.25) is 5.54 Å². The van der Waals surface area contributed by atoms with Crippen LogP contribution in [0.4, 0.5) is 8.78 Å². The van der Waals surface area contributed by atoms with Crippen molar-refractivity contribution in [2.75, 3.05) is 7.11 Å². The highest BCUT2D eigenvalue weighted by atomic mass is 35.5. The molecular weight excluding hydrogens is 370 g/mol. The Balaban J connectivity index is 3.07. The van der Waals surface area contributed by atoms with E-state index in [0.29, 0.717) is 5.02 Å². The van der Waals surface area contributed by atoms with E-state index in [9.17, 15) is 18.4 Å². The predicted octanol–water partition coefficient (Wildman–Crippen LogP) is 2.93. The summed E-state index contributed by atoms with van der Waals surface area (Å²) in [6, 6.07) is 6.03. The van der Waals surface area contributed by atoms with Crippen molar-refractivity contribution in [3.63, 3.8) is 0 Å². The highest BCUT2D eigenvalue weighted by molar-refractivity contribution is 6.30. The van der Waals surface area contributed by atoms with Crippen molar-refractivity contribution in [3.8, 4) is 11.8 Å². The normalized spacial score (nSPS) is 14.3. The number of nitrogens with zero attached hydrogens (tertiary/aromatic N) is 1. The number of hydrogen-bond acceptors (Lipinski definition) is 5. The first-order valence-electron chi connectivity index (χ1n) is 7.65. The number of nitrogens with one attached hydrogen (secondary N) is 1. The van der Waals surface area contributed by atoms with Gasteiger partial charge >= 0.3 is 5.97 Å². The summed E-state index contributed by atoms with van der Waals surface area (Å²) in [5, 5.41) is 11.4. The number of amides is 1. The molecule has 0 radical (unpaired) electrons. The molecule has 6 nitrogen and oxygen atoms in total. The number of halogens is 3. The minimum atomic E-state index is -3.20. The molecule has 0 fully saturated rings. The Labute approximate surface area is 155 Å². The summed E-state index contributed by atoms with van der Waals surface area (Å²) >= 11 is 5.78. The van der Waals surface area contributed by atoms with Gasteiger partial charge in [0.25, 0.3) is 12.3 Å². The molecule has 26 heavy (non-hydrogen) atoms. The maximum absolute atomic E-state index is 13.6. The molecule has 1 rings (SSSR count). The monoisotopic (exact) mass is 388 g/mol. The number of benzene rings is 1. The Morgan fingerprint density at radius 1 is 1.31 bits per heavy atom. The number of rotatable bonds is 7. The second-order valence-electron chi connectivity index (χ2n) is 5.82. The Morgan fingerprint density at radius 3 is 2.38 bits per heavy atom. The van der Waals surface area contributed by atoms with Crippen molar-refractivity contribution in [1.82, 2.24) is 5.32 Å². The SMILES string of the molecule is COC(=O)C(NC(=O)C(C)Oc1ccc(Cl)cc1C#N)(C(C)C)C(F)F. The van der Waals surface area contributed by atoms with E-state index in [-0.39, 0.29) is 11.3 Å². The van der Waals surface area contributed by atoms with Gasteiger partial charge in [-0.3, -0.25) is 4.79 Å². The van der Waals surface area contributed by atoms with Crippen LogP contribution >= 0.6 is 11.6 Å². The minimum absolute atomic E-state index is 0.0600. The van der Waals surface area contributed by atoms with Crippen LogP contribution in [-0.2, 0) is 14.3 Å². The molecule has 1 N–H and O–H groups in total. The molecule has 1 aromatic carbocycles. The number of nitriles is 1. The maximum atomic E-state index is 13.6. The van der Waals surface area contributed by atoms with Gasteiger partial charge in [0.05, 0.1) is 12.7 Å². The molecule has 0 aliphatic rings. The van der Waals surface area contributed by atoms with Crippen molar-refractivity contribution in [2.45, 2.75) is 38.8 Å². The molecule has 0 aliphatic heterocycles. The number of esters is 1. The largest absolute Gasteiger partial charge is 0.480 e. The van der Waals surface area contributed by atoms with Crippen LogP contribution in [0.25, 0.3) is 0 Å². The summed E-state index contributed by atoms with van der Waals surface area (Å²) in [5.41, 5.74) is -2.43. The van der Waals surface area contributed by atoms with Gasteiger partial charge in [-0.15, -0.1) is 0 Å². The Kier molecular flexibility index (Phi) is 7.33. The van der Waals surface area contributed by atoms with Crippen LogP contribution < -0.4 is 10.1 Å². The van der Waals surface area contributed by atoms with E-state index in [1.807, 2.05) is 6.07 Å². The van der Waals surface area contributed by atoms with Crippen LogP contribution in [0, 0.1) is 17.2 Å². The van der Waals surface area contributed by atoms with Crippen LogP contribution in [-0.4, -0.2) is 37.1 Å². The van der Waals surface area contributed by atoms with Gasteiger partial charge < -0.3 is 14.8 Å². The summed E-state index contributed by atoms with van der Waals surface area (Å²) < 4.78 is 37.1. The van der Waals surface area contributed by atoms with E-state index < -0.39 is 35.9 Å². The zero-order valence-corrected chi connectivity index (χ0v) is 15.4. The fraction of sp³-hybridized carbons (Fsp3) is 0.471. The molecule has 1 aromatic rings. The van der Waals surface area contributed by atoms with E-state index in [4.69, 9.17) is 21.6 Å². The maximum Gasteiger partial charge on any atom is 0.337 e. The fourth-order valence-electron chi connectivity index (χ4n) is 2.24. The lowest BCUT2D eigenvalue weighted by molar-refractivity contribution is -0.163. The Morgan fingerprint density at radius 2 is 1.92 bits per heavy atom. The Bertz CT molecular complexity index is 711. The van der Waals surface area contributed by atoms with E-state index in [0.717, 1.165) is 7.11 Å². The lowest BCUT2D eigenvalue weighted by Gasteiger charge is -2.35. The van der Waals surface area contributed by atoms with Gasteiger partial charge in [-0.25, -0.2) is 13.6 Å². The summed E-state index contributed by atoms with van der Waals surface area (Å²) in [7, 11) is 0.959. The molecule has 1 amide bonds. The second-order valence-corrected chi connectivity index (χ2v) is 6.25. The van der Waals surface area contributed by atoms with Gasteiger partial charge in [0.15, 0.2) is 6.10 Å². The summed E-state index contributed by atoms with van der Waals surface area (Å²) in [6.07, 6.45) is -4.46. The topological polar surface area (TPSA) is 88.4 Å². The van der Waals surface area contributed by atoms with Crippen LogP contribution in [0.5, 0.6) is 5.75 Å². The van der Waals surface area contributed by atoms with Crippen LogP contribution in [0.1, 0.15) is 26.3 Å². The average molecular weight is 389 g/mol. The van der Waals surface area contributed by atoms with Gasteiger partial charge in [-0.05, 0) is 31.0 Å². The first-order valence-corrected chi connectivity index (χ1v) is 8.02. The number of carbonyl (C=O) groups is 2. The third kappa shape index (κ3) is 4.41. The molecule has 0 aromatic heterocycles. The van der Waals surface area contributed by atoms with Crippen LogP contribution in [0.2, 0.25) is 5.02 Å². The first kappa shape index (κ1) is 21.6. The standard InChI is InChI=1S/C17H19ClF2N2O4/c1-9(2)17(15(19)20,16(24)25-4)22-14(23)10(3)26-13-6-5-12(18)7-11(13)8-21/h5-7,9-10,15H,1-4H3,(H,22,23). The summed E-state index contributed by atoms with van der Waals surface area (Å²) in [4.78, 5) is 24.3. The van der Waals surface area contributed by atoms with Crippen molar-refractivity contribution >= 4 is 23.5 Å². The predicted molar refractivity (Wildman–Crippen MR) is 90.0 cm³/mol. The molecule has 2 atom stereocenters. The average Bonchev–Trinajstić information content (AvgIpc) is 2.59. The molecule has 0 spiro atoms. The summed E-state index contributed by atoms with van der Waals surface area (Å²) in [6.45, 7) is 4.03. The van der Waals surface area contributed by atoms with E-state index >= 15 is 0 Å². The zero-order valence-electron chi connectivity index (χ0n) is 14.7. The number of carbonyl (C=O) groups excluding carboxylic acids is 2. The molecule has 0 saturated heterocycles. The van der Waals surface area contributed by atoms with Crippen molar-refractivity contribution in [2.24, 2.45) is 5.92 Å². The molecule has 9 heteroatoms. The van der Waals surface area contributed by atoms with Crippen molar-refractivity contribution < 1.29 is 27.8 Å². The highest BCUT2D eigenvalue weighted by Crippen LogP contribution is 2.28. The molecular formula is C17H19ClF2N2O4.